The molecule has 208 valence electrons. The molecule has 10 heteroatoms. The van der Waals surface area contributed by atoms with Crippen molar-refractivity contribution in [1.82, 2.24) is 19.8 Å². The third-order valence-electron chi connectivity index (χ3n) is 7.66. The number of piperazine rings is 1. The van der Waals surface area contributed by atoms with Crippen LogP contribution in [-0.4, -0.2) is 79.2 Å². The van der Waals surface area contributed by atoms with Crippen LogP contribution in [0.2, 0.25) is 0 Å². The zero-order chi connectivity index (χ0) is 27.4. The first-order valence-electron chi connectivity index (χ1n) is 13.4. The number of halogens is 2. The van der Waals surface area contributed by atoms with Crippen LogP contribution in [0.3, 0.4) is 0 Å². The minimum absolute atomic E-state index is 0.0232. The predicted molar refractivity (Wildman–Crippen MR) is 148 cm³/mol. The van der Waals surface area contributed by atoms with Gasteiger partial charge in [-0.3, -0.25) is 4.90 Å². The molecule has 1 aromatic heterocycles. The lowest BCUT2D eigenvalue weighted by Gasteiger charge is -2.42. The van der Waals surface area contributed by atoms with Crippen molar-refractivity contribution in [1.29, 1.82) is 0 Å². The second-order valence-corrected chi connectivity index (χ2v) is 10.3. The number of aryl methyl sites for hydroxylation is 1. The Kier molecular flexibility index (Phi) is 8.42. The van der Waals surface area contributed by atoms with E-state index in [0.29, 0.717) is 17.7 Å². The van der Waals surface area contributed by atoms with E-state index in [-0.39, 0.29) is 23.5 Å². The van der Waals surface area contributed by atoms with Crippen LogP contribution in [0.4, 0.5) is 26.1 Å². The standard InChI is InChI=1S/C29H36F2N6O2/c1-20-15-26(38-3)28(31)25(27(20)30)19-39-24-17-32-29(33-18-24)34-21-5-4-6-23(16-21)36-9-7-22(8-10-36)37-13-11-35(2)12-14-37/h4-6,15-18,22H,7-14,19H2,1-3H3,(H,32,33,34). The summed E-state index contributed by atoms with van der Waals surface area (Å²) in [5, 5.41) is 3.24. The van der Waals surface area contributed by atoms with Gasteiger partial charge in [-0.2, -0.15) is 0 Å². The summed E-state index contributed by atoms with van der Waals surface area (Å²) in [6, 6.07) is 10.2. The van der Waals surface area contributed by atoms with E-state index in [1.54, 1.807) is 6.92 Å². The third-order valence-corrected chi connectivity index (χ3v) is 7.66. The van der Waals surface area contributed by atoms with Crippen LogP contribution in [0.15, 0.2) is 42.7 Å². The molecule has 0 spiro atoms. The molecule has 0 bridgehead atoms. The molecule has 8 nitrogen and oxygen atoms in total. The fourth-order valence-electron chi connectivity index (χ4n) is 5.28. The van der Waals surface area contributed by atoms with Gasteiger partial charge in [0, 0.05) is 56.7 Å². The van der Waals surface area contributed by atoms with Gasteiger partial charge in [0.1, 0.15) is 12.4 Å². The van der Waals surface area contributed by atoms with Crippen molar-refractivity contribution in [2.45, 2.75) is 32.4 Å². The van der Waals surface area contributed by atoms with Crippen molar-refractivity contribution < 1.29 is 18.3 Å². The van der Waals surface area contributed by atoms with E-state index < -0.39 is 11.6 Å². The molecule has 5 rings (SSSR count). The Bertz CT molecular complexity index is 1260. The summed E-state index contributed by atoms with van der Waals surface area (Å²) in [6.07, 6.45) is 5.31. The SMILES string of the molecule is COc1cc(C)c(F)c(COc2cnc(Nc3cccc(N4CCC(N5CCN(C)CC5)CC4)c3)nc2)c1F. The van der Waals surface area contributed by atoms with Crippen molar-refractivity contribution in [3.8, 4) is 11.5 Å². The number of anilines is 3. The first-order valence-corrected chi connectivity index (χ1v) is 13.4. The Morgan fingerprint density at radius 1 is 0.974 bits per heavy atom. The van der Waals surface area contributed by atoms with Crippen LogP contribution in [0.1, 0.15) is 24.0 Å². The molecule has 1 N–H and O–H groups in total. The van der Waals surface area contributed by atoms with Crippen molar-refractivity contribution in [2.75, 3.05) is 63.6 Å². The number of benzene rings is 2. The maximum Gasteiger partial charge on any atom is 0.227 e. The Morgan fingerprint density at radius 2 is 1.69 bits per heavy atom. The van der Waals surface area contributed by atoms with Gasteiger partial charge in [0.05, 0.1) is 25.1 Å². The maximum atomic E-state index is 14.5. The number of nitrogens with one attached hydrogen (secondary N) is 1. The molecule has 39 heavy (non-hydrogen) atoms. The minimum Gasteiger partial charge on any atom is -0.494 e. The topological polar surface area (TPSA) is 66.0 Å². The molecule has 3 heterocycles. The van der Waals surface area contributed by atoms with Crippen molar-refractivity contribution in [2.24, 2.45) is 0 Å². The zero-order valence-corrected chi connectivity index (χ0v) is 22.8. The molecule has 0 aliphatic carbocycles. The Balaban J connectivity index is 1.16. The van der Waals surface area contributed by atoms with Gasteiger partial charge in [-0.15, -0.1) is 0 Å². The molecule has 0 radical (unpaired) electrons. The van der Waals surface area contributed by atoms with Gasteiger partial charge in [0.15, 0.2) is 17.3 Å². The molecule has 2 aliphatic heterocycles. The van der Waals surface area contributed by atoms with Gasteiger partial charge in [-0.05, 0) is 56.6 Å². The van der Waals surface area contributed by atoms with Crippen LogP contribution in [-0.2, 0) is 6.61 Å². The average molecular weight is 539 g/mol. The normalized spacial score (nSPS) is 17.3. The highest BCUT2D eigenvalue weighted by molar-refractivity contribution is 5.62. The van der Waals surface area contributed by atoms with E-state index in [1.807, 2.05) is 12.1 Å². The maximum absolute atomic E-state index is 14.5. The number of ether oxygens (including phenoxy) is 2. The highest BCUT2D eigenvalue weighted by Crippen LogP contribution is 2.28. The molecule has 3 aromatic rings. The summed E-state index contributed by atoms with van der Waals surface area (Å²) in [5.74, 6) is -0.747. The van der Waals surface area contributed by atoms with Crippen LogP contribution in [0.25, 0.3) is 0 Å². The highest BCUT2D eigenvalue weighted by atomic mass is 19.1. The second-order valence-electron chi connectivity index (χ2n) is 10.3. The van der Waals surface area contributed by atoms with E-state index in [9.17, 15) is 8.78 Å². The van der Waals surface area contributed by atoms with Crippen LogP contribution >= 0.6 is 0 Å². The van der Waals surface area contributed by atoms with Gasteiger partial charge >= 0.3 is 0 Å². The molecule has 2 saturated heterocycles. The quantitative estimate of drug-likeness (QED) is 0.446. The van der Waals surface area contributed by atoms with E-state index >= 15 is 0 Å². The van der Waals surface area contributed by atoms with Crippen molar-refractivity contribution >= 4 is 17.3 Å². The molecular weight excluding hydrogens is 502 g/mol. The predicted octanol–water partition coefficient (Wildman–Crippen LogP) is 4.61. The highest BCUT2D eigenvalue weighted by Gasteiger charge is 2.27. The summed E-state index contributed by atoms with van der Waals surface area (Å²) < 4.78 is 39.5. The lowest BCUT2D eigenvalue weighted by molar-refractivity contribution is 0.0982. The van der Waals surface area contributed by atoms with E-state index in [0.717, 1.165) is 31.9 Å². The molecule has 2 aliphatic rings. The minimum atomic E-state index is -0.775. The first-order chi connectivity index (χ1) is 18.9. The number of piperidine rings is 1. The van der Waals surface area contributed by atoms with Crippen LogP contribution in [0, 0.1) is 18.6 Å². The number of aromatic nitrogens is 2. The average Bonchev–Trinajstić information content (AvgIpc) is 2.96. The van der Waals surface area contributed by atoms with Gasteiger partial charge < -0.3 is 24.6 Å². The fourth-order valence-corrected chi connectivity index (χ4v) is 5.28. The molecular formula is C29H36F2N6O2. The van der Waals surface area contributed by atoms with Crippen molar-refractivity contribution in [3.63, 3.8) is 0 Å². The van der Waals surface area contributed by atoms with Crippen LogP contribution in [0.5, 0.6) is 11.5 Å². The summed E-state index contributed by atoms with van der Waals surface area (Å²) >= 11 is 0. The van der Waals surface area contributed by atoms with Gasteiger partial charge in [0.2, 0.25) is 5.95 Å². The molecule has 2 fully saturated rings. The van der Waals surface area contributed by atoms with Gasteiger partial charge in [-0.1, -0.05) is 6.07 Å². The molecule has 0 unspecified atom stereocenters. The summed E-state index contributed by atoms with van der Waals surface area (Å²) in [5.41, 5.74) is 2.15. The smallest absolute Gasteiger partial charge is 0.227 e. The first kappa shape index (κ1) is 27.1. The summed E-state index contributed by atoms with van der Waals surface area (Å²) in [7, 11) is 3.54. The van der Waals surface area contributed by atoms with Crippen LogP contribution < -0.4 is 19.7 Å². The molecule has 0 atom stereocenters. The largest absolute Gasteiger partial charge is 0.494 e. The summed E-state index contributed by atoms with van der Waals surface area (Å²) in [4.78, 5) is 16.1. The molecule has 0 amide bonds. The Morgan fingerprint density at radius 3 is 2.38 bits per heavy atom. The monoisotopic (exact) mass is 538 g/mol. The summed E-state index contributed by atoms with van der Waals surface area (Å²) in [6.45, 7) is 7.96. The molecule has 0 saturated carbocycles. The number of nitrogens with zero attached hydrogens (tertiary/aromatic N) is 5. The van der Waals surface area contributed by atoms with Gasteiger partial charge in [0.25, 0.3) is 0 Å². The van der Waals surface area contributed by atoms with E-state index in [2.05, 4.69) is 49.2 Å². The fraction of sp³-hybridized carbons (Fsp3) is 0.448. The third kappa shape index (κ3) is 6.39. The lowest BCUT2D eigenvalue weighted by Crippen LogP contribution is -2.52. The number of rotatable bonds is 8. The van der Waals surface area contributed by atoms with E-state index in [4.69, 9.17) is 9.47 Å². The van der Waals surface area contributed by atoms with Gasteiger partial charge in [-0.25, -0.2) is 18.7 Å². The number of hydrogen-bond donors (Lipinski definition) is 1. The number of likely N-dealkylation sites (N-methyl/N-ethyl adjacent to an activating group) is 1. The zero-order valence-electron chi connectivity index (χ0n) is 22.8. The number of hydrogen-bond acceptors (Lipinski definition) is 8. The lowest BCUT2D eigenvalue weighted by atomic mass is 10.0. The number of methoxy groups -OCH3 is 1. The molecule has 2 aromatic carbocycles. The second kappa shape index (κ2) is 12.1. The van der Waals surface area contributed by atoms with Crippen molar-refractivity contribution in [3.05, 3.63) is 65.5 Å². The Hall–Kier alpha value is -3.50. The van der Waals surface area contributed by atoms with E-state index in [1.165, 1.54) is 57.2 Å². The Labute approximate surface area is 228 Å².